The first kappa shape index (κ1) is 17.9. The van der Waals surface area contributed by atoms with Gasteiger partial charge in [-0.1, -0.05) is 26.2 Å². The van der Waals surface area contributed by atoms with Crippen molar-refractivity contribution in [3.63, 3.8) is 0 Å². The van der Waals surface area contributed by atoms with Crippen LogP contribution in [-0.4, -0.2) is 41.3 Å². The number of hydrogen-bond acceptors (Lipinski definition) is 3. The standard InChI is InChI=1S/C17H32N2O2S/c1-2-22-15-7-6-14(12-15)19-16(21)18-13-17(10-11-20)8-4-3-5-9-17/h14-15,20H,2-13H2,1H3,(H2,18,19,21). The van der Waals surface area contributed by atoms with E-state index in [0.29, 0.717) is 12.6 Å². The summed E-state index contributed by atoms with van der Waals surface area (Å²) >= 11 is 2.01. The normalized spacial score (nSPS) is 27.5. The summed E-state index contributed by atoms with van der Waals surface area (Å²) in [4.78, 5) is 12.2. The second kappa shape index (κ2) is 9.02. The van der Waals surface area contributed by atoms with Gasteiger partial charge in [0.25, 0.3) is 0 Å². The van der Waals surface area contributed by atoms with Crippen LogP contribution < -0.4 is 10.6 Å². The van der Waals surface area contributed by atoms with Crippen LogP contribution in [0.2, 0.25) is 0 Å². The molecule has 2 aliphatic rings. The monoisotopic (exact) mass is 328 g/mol. The fraction of sp³-hybridized carbons (Fsp3) is 0.941. The molecule has 0 spiro atoms. The van der Waals surface area contributed by atoms with E-state index in [1.165, 1.54) is 25.7 Å². The van der Waals surface area contributed by atoms with Crippen LogP contribution in [-0.2, 0) is 0 Å². The summed E-state index contributed by atoms with van der Waals surface area (Å²) in [6.07, 6.45) is 10.2. The topological polar surface area (TPSA) is 61.4 Å². The molecular weight excluding hydrogens is 296 g/mol. The van der Waals surface area contributed by atoms with E-state index in [-0.39, 0.29) is 18.1 Å². The predicted octanol–water partition coefficient (Wildman–Crippen LogP) is 3.29. The minimum absolute atomic E-state index is 0.0185. The lowest BCUT2D eigenvalue weighted by Crippen LogP contribution is -2.46. The Morgan fingerprint density at radius 1 is 1.27 bits per heavy atom. The van der Waals surface area contributed by atoms with Crippen LogP contribution in [0.3, 0.4) is 0 Å². The summed E-state index contributed by atoms with van der Waals surface area (Å²) in [7, 11) is 0. The zero-order valence-electron chi connectivity index (χ0n) is 13.9. The molecule has 2 fully saturated rings. The lowest BCUT2D eigenvalue weighted by molar-refractivity contribution is 0.127. The van der Waals surface area contributed by atoms with Crippen LogP contribution in [0, 0.1) is 5.41 Å². The van der Waals surface area contributed by atoms with Crippen molar-refractivity contribution < 1.29 is 9.90 Å². The number of aliphatic hydroxyl groups excluding tert-OH is 1. The SMILES string of the molecule is CCSC1CCC(NC(=O)NCC2(CCO)CCCCC2)C1. The third-order valence-electron chi connectivity index (χ3n) is 5.30. The summed E-state index contributed by atoms with van der Waals surface area (Å²) in [6, 6.07) is 0.319. The van der Waals surface area contributed by atoms with Gasteiger partial charge in [0, 0.05) is 24.4 Å². The summed E-state index contributed by atoms with van der Waals surface area (Å²) in [6.45, 7) is 3.13. The van der Waals surface area contributed by atoms with Crippen LogP contribution >= 0.6 is 11.8 Å². The summed E-state index contributed by atoms with van der Waals surface area (Å²) in [5, 5.41) is 16.3. The maximum Gasteiger partial charge on any atom is 0.315 e. The summed E-state index contributed by atoms with van der Waals surface area (Å²) < 4.78 is 0. The Balaban J connectivity index is 1.72. The van der Waals surface area contributed by atoms with Gasteiger partial charge in [-0.3, -0.25) is 0 Å². The molecule has 0 aliphatic heterocycles. The van der Waals surface area contributed by atoms with Crippen molar-refractivity contribution in [1.29, 1.82) is 0 Å². The first-order valence-electron chi connectivity index (χ1n) is 8.94. The van der Waals surface area contributed by atoms with Gasteiger partial charge in [0.05, 0.1) is 0 Å². The van der Waals surface area contributed by atoms with Gasteiger partial charge in [-0.25, -0.2) is 4.79 Å². The zero-order chi connectivity index (χ0) is 15.8. The number of urea groups is 1. The largest absolute Gasteiger partial charge is 0.396 e. The van der Waals surface area contributed by atoms with Crippen molar-refractivity contribution in [2.75, 3.05) is 18.9 Å². The highest BCUT2D eigenvalue weighted by atomic mass is 32.2. The summed E-state index contributed by atoms with van der Waals surface area (Å²) in [5.41, 5.74) is 0.126. The third kappa shape index (κ3) is 5.34. The molecule has 22 heavy (non-hydrogen) atoms. The fourth-order valence-electron chi connectivity index (χ4n) is 4.02. The number of carbonyl (C=O) groups excluding carboxylic acids is 1. The van der Waals surface area contributed by atoms with Crippen molar-refractivity contribution in [1.82, 2.24) is 10.6 Å². The van der Waals surface area contributed by atoms with Crippen LogP contribution in [0.5, 0.6) is 0 Å². The molecule has 2 amide bonds. The third-order valence-corrected chi connectivity index (χ3v) is 6.54. The Kier molecular flexibility index (Phi) is 7.35. The second-order valence-corrected chi connectivity index (χ2v) is 8.53. The molecule has 0 aromatic heterocycles. The van der Waals surface area contributed by atoms with E-state index in [1.54, 1.807) is 0 Å². The van der Waals surface area contributed by atoms with Gasteiger partial charge in [-0.15, -0.1) is 0 Å². The molecule has 128 valence electrons. The van der Waals surface area contributed by atoms with Gasteiger partial charge >= 0.3 is 6.03 Å². The van der Waals surface area contributed by atoms with Crippen molar-refractivity contribution in [2.45, 2.75) is 76.0 Å². The molecule has 0 aromatic carbocycles. The van der Waals surface area contributed by atoms with Crippen molar-refractivity contribution in [3.05, 3.63) is 0 Å². The molecule has 0 aromatic rings. The Hall–Kier alpha value is -0.420. The average molecular weight is 329 g/mol. The van der Waals surface area contributed by atoms with Crippen molar-refractivity contribution >= 4 is 17.8 Å². The molecule has 2 atom stereocenters. The number of thioether (sulfide) groups is 1. The lowest BCUT2D eigenvalue weighted by Gasteiger charge is -2.37. The van der Waals surface area contributed by atoms with Gasteiger partial charge in [-0.2, -0.15) is 11.8 Å². The number of rotatable bonds is 7. The second-order valence-electron chi connectivity index (χ2n) is 6.95. The average Bonchev–Trinajstić information content (AvgIpc) is 2.94. The molecule has 2 aliphatic carbocycles. The molecule has 0 saturated heterocycles. The lowest BCUT2D eigenvalue weighted by atomic mass is 9.72. The molecule has 5 heteroatoms. The highest BCUT2D eigenvalue weighted by Gasteiger charge is 2.32. The molecule has 0 heterocycles. The first-order valence-corrected chi connectivity index (χ1v) is 9.99. The van der Waals surface area contributed by atoms with E-state index in [0.717, 1.165) is 43.1 Å². The van der Waals surface area contributed by atoms with E-state index in [9.17, 15) is 9.90 Å². The quantitative estimate of drug-likeness (QED) is 0.672. The molecule has 4 nitrogen and oxygen atoms in total. The van der Waals surface area contributed by atoms with Gasteiger partial charge < -0.3 is 15.7 Å². The Bertz CT molecular complexity index is 340. The molecule has 2 saturated carbocycles. The van der Waals surface area contributed by atoms with E-state index >= 15 is 0 Å². The zero-order valence-corrected chi connectivity index (χ0v) is 14.7. The molecule has 0 radical (unpaired) electrons. The van der Waals surface area contributed by atoms with Crippen LogP contribution in [0.15, 0.2) is 0 Å². The minimum atomic E-state index is -0.0185. The van der Waals surface area contributed by atoms with E-state index in [2.05, 4.69) is 17.6 Å². The number of carbonyl (C=O) groups is 1. The van der Waals surface area contributed by atoms with Gasteiger partial charge in [0.15, 0.2) is 0 Å². The van der Waals surface area contributed by atoms with Crippen molar-refractivity contribution in [2.24, 2.45) is 5.41 Å². The minimum Gasteiger partial charge on any atom is -0.396 e. The van der Waals surface area contributed by atoms with E-state index in [4.69, 9.17) is 0 Å². The number of aliphatic hydroxyl groups is 1. The first-order chi connectivity index (χ1) is 10.7. The Morgan fingerprint density at radius 2 is 2.05 bits per heavy atom. The highest BCUT2D eigenvalue weighted by molar-refractivity contribution is 7.99. The van der Waals surface area contributed by atoms with E-state index in [1.807, 2.05) is 11.8 Å². The van der Waals surface area contributed by atoms with Crippen LogP contribution in [0.4, 0.5) is 4.79 Å². The maximum absolute atomic E-state index is 12.2. The summed E-state index contributed by atoms with van der Waals surface area (Å²) in [5.74, 6) is 1.16. The Morgan fingerprint density at radius 3 is 2.73 bits per heavy atom. The van der Waals surface area contributed by atoms with Crippen LogP contribution in [0.25, 0.3) is 0 Å². The smallest absolute Gasteiger partial charge is 0.315 e. The predicted molar refractivity (Wildman–Crippen MR) is 93.3 cm³/mol. The molecule has 2 unspecified atom stereocenters. The van der Waals surface area contributed by atoms with Crippen molar-refractivity contribution in [3.8, 4) is 0 Å². The molecule has 2 rings (SSSR count). The van der Waals surface area contributed by atoms with E-state index < -0.39 is 0 Å². The maximum atomic E-state index is 12.2. The Labute approximate surface area is 139 Å². The number of amides is 2. The highest BCUT2D eigenvalue weighted by Crippen LogP contribution is 2.38. The molecule has 0 bridgehead atoms. The molecule has 3 N–H and O–H groups in total. The fourth-order valence-corrected chi connectivity index (χ4v) is 5.16. The van der Waals surface area contributed by atoms with Gasteiger partial charge in [-0.05, 0) is 49.7 Å². The number of nitrogens with one attached hydrogen (secondary N) is 2. The molecular formula is C17H32N2O2S. The number of hydrogen-bond donors (Lipinski definition) is 3. The van der Waals surface area contributed by atoms with Crippen LogP contribution in [0.1, 0.15) is 64.7 Å². The van der Waals surface area contributed by atoms with Gasteiger partial charge in [0.1, 0.15) is 0 Å². The van der Waals surface area contributed by atoms with Gasteiger partial charge in [0.2, 0.25) is 0 Å².